The highest BCUT2D eigenvalue weighted by Gasteiger charge is 2.17. The highest BCUT2D eigenvalue weighted by Crippen LogP contribution is 2.28. The Balaban J connectivity index is 2.29. The molecule has 0 aliphatic carbocycles. The molecule has 1 aromatic heterocycles. The summed E-state index contributed by atoms with van der Waals surface area (Å²) < 4.78 is 0. The van der Waals surface area contributed by atoms with E-state index in [1.54, 1.807) is 17.5 Å². The maximum Gasteiger partial charge on any atom is 0.296 e. The highest BCUT2D eigenvalue weighted by molar-refractivity contribution is 7.12. The van der Waals surface area contributed by atoms with Gasteiger partial charge in [-0.05, 0) is 23.6 Å². The molecule has 0 aliphatic rings. The van der Waals surface area contributed by atoms with Crippen molar-refractivity contribution < 1.29 is 14.8 Å². The smallest absolute Gasteiger partial charge is 0.296 e. The number of hydrogen-bond donors (Lipinski definition) is 2. The van der Waals surface area contributed by atoms with Gasteiger partial charge in [-0.1, -0.05) is 6.07 Å². The quantitative estimate of drug-likeness (QED) is 0.506. The van der Waals surface area contributed by atoms with Crippen LogP contribution in [0.25, 0.3) is 0 Å². The Labute approximate surface area is 106 Å². The molecule has 0 unspecified atom stereocenters. The molecule has 0 radical (unpaired) electrons. The van der Waals surface area contributed by atoms with Gasteiger partial charge in [0.05, 0.1) is 15.9 Å². The van der Waals surface area contributed by atoms with Gasteiger partial charge in [-0.3, -0.25) is 14.9 Å². The van der Waals surface area contributed by atoms with Crippen molar-refractivity contribution in [3.63, 3.8) is 0 Å². The van der Waals surface area contributed by atoms with Gasteiger partial charge in [0.15, 0.2) is 0 Å². The van der Waals surface area contributed by atoms with Crippen molar-refractivity contribution in [1.29, 1.82) is 0 Å². The largest absolute Gasteiger partial charge is 0.508 e. The van der Waals surface area contributed by atoms with Gasteiger partial charge in [0, 0.05) is 0 Å². The van der Waals surface area contributed by atoms with Gasteiger partial charge in [0.25, 0.3) is 11.6 Å². The van der Waals surface area contributed by atoms with Crippen LogP contribution in [0, 0.1) is 10.1 Å². The number of rotatable bonds is 3. The number of hydrogen-bond acceptors (Lipinski definition) is 5. The molecule has 92 valence electrons. The molecule has 6 nitrogen and oxygen atoms in total. The zero-order valence-electron chi connectivity index (χ0n) is 8.99. The molecule has 0 aliphatic heterocycles. The molecule has 0 fully saturated rings. The van der Waals surface area contributed by atoms with Gasteiger partial charge in [-0.25, -0.2) is 0 Å². The van der Waals surface area contributed by atoms with Crippen LogP contribution in [0.4, 0.5) is 11.4 Å². The van der Waals surface area contributed by atoms with Crippen molar-refractivity contribution in [3.05, 3.63) is 50.7 Å². The third-order valence-corrected chi connectivity index (χ3v) is 3.04. The van der Waals surface area contributed by atoms with Gasteiger partial charge >= 0.3 is 0 Å². The summed E-state index contributed by atoms with van der Waals surface area (Å²) in [7, 11) is 0. The second kappa shape index (κ2) is 4.84. The van der Waals surface area contributed by atoms with E-state index in [1.165, 1.54) is 23.5 Å². The number of phenols is 1. The first-order valence-corrected chi connectivity index (χ1v) is 5.78. The van der Waals surface area contributed by atoms with Crippen LogP contribution >= 0.6 is 11.3 Å². The van der Waals surface area contributed by atoms with E-state index in [2.05, 4.69) is 5.32 Å². The average molecular weight is 264 g/mol. The van der Waals surface area contributed by atoms with Crippen LogP contribution in [0.15, 0.2) is 35.7 Å². The van der Waals surface area contributed by atoms with Crippen LogP contribution in [-0.4, -0.2) is 15.9 Å². The van der Waals surface area contributed by atoms with E-state index in [4.69, 9.17) is 0 Å². The lowest BCUT2D eigenvalue weighted by Crippen LogP contribution is -2.11. The van der Waals surface area contributed by atoms with Crippen LogP contribution in [-0.2, 0) is 0 Å². The van der Waals surface area contributed by atoms with Gasteiger partial charge < -0.3 is 10.4 Å². The summed E-state index contributed by atoms with van der Waals surface area (Å²) in [5.41, 5.74) is -0.295. The SMILES string of the molecule is O=C(Nc1ccc(O)cc1[N+](=O)[O-])c1cccs1. The molecule has 2 rings (SSSR count). The predicted molar refractivity (Wildman–Crippen MR) is 67.0 cm³/mol. The fraction of sp³-hybridized carbons (Fsp3) is 0. The number of carbonyl (C=O) groups is 1. The molecule has 7 heteroatoms. The number of nitro benzene ring substituents is 1. The van der Waals surface area contributed by atoms with E-state index in [0.29, 0.717) is 4.88 Å². The van der Waals surface area contributed by atoms with Crippen molar-refractivity contribution in [3.8, 4) is 5.75 Å². The van der Waals surface area contributed by atoms with Crippen molar-refractivity contribution >= 4 is 28.6 Å². The van der Waals surface area contributed by atoms with Crippen molar-refractivity contribution in [2.24, 2.45) is 0 Å². The van der Waals surface area contributed by atoms with Crippen LogP contribution in [0.3, 0.4) is 0 Å². The molecule has 0 bridgehead atoms. The Morgan fingerprint density at radius 2 is 2.17 bits per heavy atom. The number of benzene rings is 1. The Bertz CT molecular complexity index is 595. The lowest BCUT2D eigenvalue weighted by molar-refractivity contribution is -0.384. The predicted octanol–water partition coefficient (Wildman–Crippen LogP) is 2.61. The first-order valence-electron chi connectivity index (χ1n) is 4.90. The molecule has 0 atom stereocenters. The number of phenolic OH excluding ortho intramolecular Hbond substituents is 1. The second-order valence-electron chi connectivity index (χ2n) is 3.39. The molecule has 0 saturated heterocycles. The van der Waals surface area contributed by atoms with E-state index in [1.807, 2.05) is 0 Å². The summed E-state index contributed by atoms with van der Waals surface area (Å²) in [5.74, 6) is -0.644. The first-order chi connectivity index (χ1) is 8.58. The normalized spacial score (nSPS) is 10.0. The number of carbonyl (C=O) groups excluding carboxylic acids is 1. The van der Waals surface area contributed by atoms with E-state index in [-0.39, 0.29) is 17.1 Å². The fourth-order valence-electron chi connectivity index (χ4n) is 1.37. The molecule has 1 amide bonds. The molecule has 18 heavy (non-hydrogen) atoms. The maximum atomic E-state index is 11.7. The molecular formula is C11H8N2O4S. The molecule has 1 heterocycles. The van der Waals surface area contributed by atoms with Crippen molar-refractivity contribution in [1.82, 2.24) is 0 Å². The van der Waals surface area contributed by atoms with Gasteiger partial charge in [0.1, 0.15) is 11.4 Å². The lowest BCUT2D eigenvalue weighted by atomic mass is 10.2. The van der Waals surface area contributed by atoms with E-state index < -0.39 is 10.8 Å². The Morgan fingerprint density at radius 3 is 2.78 bits per heavy atom. The average Bonchev–Trinajstić information content (AvgIpc) is 2.84. The molecular weight excluding hydrogens is 256 g/mol. The monoisotopic (exact) mass is 264 g/mol. The van der Waals surface area contributed by atoms with Crippen LogP contribution < -0.4 is 5.32 Å². The summed E-state index contributed by atoms with van der Waals surface area (Å²) in [6, 6.07) is 6.89. The van der Waals surface area contributed by atoms with E-state index in [0.717, 1.165) is 6.07 Å². The minimum atomic E-state index is -0.663. The van der Waals surface area contributed by atoms with Crippen molar-refractivity contribution in [2.75, 3.05) is 5.32 Å². The number of nitro groups is 1. The summed E-state index contributed by atoms with van der Waals surface area (Å²) in [4.78, 5) is 22.3. The summed E-state index contributed by atoms with van der Waals surface area (Å²) in [6.45, 7) is 0. The highest BCUT2D eigenvalue weighted by atomic mass is 32.1. The molecule has 0 spiro atoms. The number of thiophene rings is 1. The molecule has 2 aromatic rings. The van der Waals surface area contributed by atoms with Gasteiger partial charge in [-0.15, -0.1) is 11.3 Å². The minimum Gasteiger partial charge on any atom is -0.508 e. The van der Waals surface area contributed by atoms with E-state index in [9.17, 15) is 20.0 Å². The fourth-order valence-corrected chi connectivity index (χ4v) is 1.99. The zero-order chi connectivity index (χ0) is 13.1. The zero-order valence-corrected chi connectivity index (χ0v) is 9.81. The van der Waals surface area contributed by atoms with Gasteiger partial charge in [0.2, 0.25) is 0 Å². The van der Waals surface area contributed by atoms with Crippen molar-refractivity contribution in [2.45, 2.75) is 0 Å². The number of nitrogens with one attached hydrogen (secondary N) is 1. The summed E-state index contributed by atoms with van der Waals surface area (Å²) in [5, 5.41) is 24.2. The lowest BCUT2D eigenvalue weighted by Gasteiger charge is -2.04. The maximum absolute atomic E-state index is 11.7. The minimum absolute atomic E-state index is 0.0520. The van der Waals surface area contributed by atoms with Gasteiger partial charge in [-0.2, -0.15) is 0 Å². The number of nitrogens with zero attached hydrogens (tertiary/aromatic N) is 1. The van der Waals surface area contributed by atoms with Crippen LogP contribution in [0.1, 0.15) is 9.67 Å². The third kappa shape index (κ3) is 2.46. The Hall–Kier alpha value is -2.41. The third-order valence-electron chi connectivity index (χ3n) is 2.17. The Kier molecular flexibility index (Phi) is 3.24. The number of amides is 1. The Morgan fingerprint density at radius 1 is 1.39 bits per heavy atom. The number of aromatic hydroxyl groups is 1. The molecule has 0 saturated carbocycles. The van der Waals surface area contributed by atoms with Crippen LogP contribution in [0.2, 0.25) is 0 Å². The standard InChI is InChI=1S/C11H8N2O4S/c14-7-3-4-8(9(6-7)13(16)17)12-11(15)10-2-1-5-18-10/h1-6,14H,(H,12,15). The van der Waals surface area contributed by atoms with E-state index >= 15 is 0 Å². The molecule has 1 aromatic carbocycles. The summed E-state index contributed by atoms with van der Waals surface area (Å²) in [6.07, 6.45) is 0. The number of anilines is 1. The second-order valence-corrected chi connectivity index (χ2v) is 4.34. The first kappa shape index (κ1) is 12.1. The van der Waals surface area contributed by atoms with Crippen LogP contribution in [0.5, 0.6) is 5.75 Å². The topological polar surface area (TPSA) is 92.5 Å². The molecule has 2 N–H and O–H groups in total. The summed E-state index contributed by atoms with van der Waals surface area (Å²) >= 11 is 1.24.